The Morgan fingerprint density at radius 2 is 0.493 bits per heavy atom. The highest BCUT2D eigenvalue weighted by Crippen LogP contribution is 2.43. The van der Waals surface area contributed by atoms with Gasteiger partial charge in [0.15, 0.2) is 0 Å². The summed E-state index contributed by atoms with van der Waals surface area (Å²) in [7, 11) is 0. The Morgan fingerprint density at radius 1 is 0.290 bits per heavy atom. The summed E-state index contributed by atoms with van der Waals surface area (Å²) in [5.41, 5.74) is 7.88. The average Bonchev–Trinajstić information content (AvgIpc) is 3.40. The number of aromatic nitrogens is 7. The summed E-state index contributed by atoms with van der Waals surface area (Å²) in [4.78, 5) is 42.9. The van der Waals surface area contributed by atoms with Gasteiger partial charge in [0, 0.05) is 49.3 Å². The molecular weight excluding hydrogens is 849 g/mol. The van der Waals surface area contributed by atoms with Gasteiger partial charge in [-0.05, 0) is 144 Å². The molecule has 69 heavy (non-hydrogen) atoms. The molecule has 0 aliphatic carbocycles. The lowest BCUT2D eigenvalue weighted by Gasteiger charge is -2.30. The second-order valence-corrected chi connectivity index (χ2v) is 19.1. The molecule has 6 unspecified atom stereocenters. The second-order valence-electron chi connectivity index (χ2n) is 19.1. The Bertz CT molecular complexity index is 2200. The summed E-state index contributed by atoms with van der Waals surface area (Å²) in [5.74, 6) is 7.61. The predicted octanol–water partition coefficient (Wildman–Crippen LogP) is 16.9. The number of hydrogen-bond acceptors (Lipinski definition) is 10. The summed E-state index contributed by atoms with van der Waals surface area (Å²) in [6.45, 7) is 26.7. The fourth-order valence-electron chi connectivity index (χ4n) is 8.27. The van der Waals surface area contributed by atoms with Crippen LogP contribution in [-0.2, 0) is 0 Å². The van der Waals surface area contributed by atoms with Gasteiger partial charge in [-0.2, -0.15) is 0 Å². The molecule has 0 saturated carbocycles. The van der Waals surface area contributed by atoms with Crippen molar-refractivity contribution in [3.8, 4) is 0 Å². The highest BCUT2D eigenvalue weighted by atomic mass is 15.3. The van der Waals surface area contributed by atoms with Crippen molar-refractivity contribution in [2.24, 2.45) is 0 Å². The molecule has 360 valence electrons. The van der Waals surface area contributed by atoms with Crippen LogP contribution in [0.2, 0.25) is 0 Å². The van der Waals surface area contributed by atoms with E-state index in [-0.39, 0.29) is 0 Å². The van der Waals surface area contributed by atoms with Crippen LogP contribution in [0.5, 0.6) is 0 Å². The van der Waals surface area contributed by atoms with Gasteiger partial charge in [-0.3, -0.25) is 14.7 Å². The van der Waals surface area contributed by atoms with Gasteiger partial charge in [-0.25, -0.2) is 34.9 Å². The van der Waals surface area contributed by atoms with Gasteiger partial charge in [-0.1, -0.05) is 119 Å². The molecule has 0 aromatic carbocycles. The molecule has 0 fully saturated rings. The van der Waals surface area contributed by atoms with Gasteiger partial charge in [0.2, 0.25) is 0 Å². The molecule has 7 heterocycles. The van der Waals surface area contributed by atoms with E-state index in [1.165, 1.54) is 33.4 Å². The molecular formula is C59H74N10. The van der Waals surface area contributed by atoms with Gasteiger partial charge in [0.1, 0.15) is 46.5 Å². The SMILES string of the molecule is CCC(C)c1ccc(N(c2cc(N(c3ccc(C(C)CC)cn3)c3ccc(C(C)CC)cn3)nc(N(c3ccc(C(C)CC)cn3)c3ccc(C(C)CC)cn3)c2)c2ccc(C(C)CC)cn2)nc1. The van der Waals surface area contributed by atoms with Crippen molar-refractivity contribution >= 4 is 52.2 Å². The van der Waals surface area contributed by atoms with Crippen molar-refractivity contribution < 1.29 is 0 Å². The zero-order chi connectivity index (χ0) is 49.2. The minimum atomic E-state index is 0.361. The minimum Gasteiger partial charge on any atom is -0.279 e. The molecule has 0 saturated heterocycles. The fraction of sp³-hybridized carbons (Fsp3) is 0.407. The van der Waals surface area contributed by atoms with Crippen LogP contribution >= 0.6 is 0 Å². The molecule has 0 radical (unpaired) electrons. The maximum absolute atomic E-state index is 5.63. The summed E-state index contributed by atoms with van der Waals surface area (Å²) >= 11 is 0. The Kier molecular flexibility index (Phi) is 16.9. The topological polar surface area (TPSA) is 100.0 Å². The normalized spacial score (nSPS) is 14.1. The van der Waals surface area contributed by atoms with Crippen LogP contribution in [0.15, 0.2) is 122 Å². The molecule has 10 heteroatoms. The Labute approximate surface area is 412 Å². The summed E-state index contributed by atoms with van der Waals surface area (Å²) in [6.07, 6.45) is 18.1. The predicted molar refractivity (Wildman–Crippen MR) is 287 cm³/mol. The first-order chi connectivity index (χ1) is 33.4. The van der Waals surface area contributed by atoms with E-state index in [2.05, 4.69) is 183 Å². The van der Waals surface area contributed by atoms with Gasteiger partial charge in [-0.15, -0.1) is 0 Å². The quantitative estimate of drug-likeness (QED) is 0.0693. The highest BCUT2D eigenvalue weighted by Gasteiger charge is 2.27. The van der Waals surface area contributed by atoms with E-state index in [0.29, 0.717) is 70.4 Å². The molecule has 0 spiro atoms. The third-order valence-corrected chi connectivity index (χ3v) is 14.6. The largest absolute Gasteiger partial charge is 0.279 e. The zero-order valence-electron chi connectivity index (χ0n) is 43.2. The molecule has 10 nitrogen and oxygen atoms in total. The molecule has 0 aliphatic heterocycles. The lowest BCUT2D eigenvalue weighted by Crippen LogP contribution is -2.21. The van der Waals surface area contributed by atoms with E-state index < -0.39 is 0 Å². The van der Waals surface area contributed by atoms with E-state index in [1.807, 2.05) is 37.2 Å². The summed E-state index contributed by atoms with van der Waals surface area (Å²) in [5, 5.41) is 0. The van der Waals surface area contributed by atoms with Gasteiger partial charge in [0.25, 0.3) is 0 Å². The number of anilines is 9. The first-order valence-electron chi connectivity index (χ1n) is 25.6. The van der Waals surface area contributed by atoms with E-state index in [4.69, 9.17) is 34.9 Å². The van der Waals surface area contributed by atoms with Gasteiger partial charge >= 0.3 is 0 Å². The number of rotatable bonds is 21. The Hall–Kier alpha value is -6.55. The average molecular weight is 923 g/mol. The molecule has 6 atom stereocenters. The standard InChI is InChI=1S/C59H74N10/c1-13-39(7)45-19-25-52(60-33-45)67(53-26-20-46(34-61-53)40(8)14-2)51-31-58(68(54-27-21-47(35-62-54)41(9)15-3)55-28-22-48(36-63-55)42(10)16-4)66-59(32-51)69(56-29-23-49(37-64-56)43(11)17-5)57-30-24-50(38-65-57)44(12)18-6/h19-44H,13-18H2,1-12H3. The molecule has 7 aromatic rings. The van der Waals surface area contributed by atoms with Crippen LogP contribution in [0.3, 0.4) is 0 Å². The van der Waals surface area contributed by atoms with Crippen LogP contribution in [-0.4, -0.2) is 34.9 Å². The highest BCUT2D eigenvalue weighted by molar-refractivity contribution is 5.83. The summed E-state index contributed by atoms with van der Waals surface area (Å²) < 4.78 is 0. The van der Waals surface area contributed by atoms with E-state index in [0.717, 1.165) is 55.8 Å². The molecule has 0 bridgehead atoms. The molecule has 0 aliphatic rings. The van der Waals surface area contributed by atoms with E-state index in [9.17, 15) is 0 Å². The van der Waals surface area contributed by atoms with E-state index in [1.54, 1.807) is 0 Å². The first kappa shape index (κ1) is 50.3. The van der Waals surface area contributed by atoms with Crippen LogP contribution in [0.25, 0.3) is 0 Å². The Morgan fingerprint density at radius 3 is 0.667 bits per heavy atom. The maximum Gasteiger partial charge on any atom is 0.144 e. The van der Waals surface area contributed by atoms with Crippen molar-refractivity contribution in [2.75, 3.05) is 14.7 Å². The number of pyridine rings is 7. The lowest BCUT2D eigenvalue weighted by atomic mass is 10.0. The van der Waals surface area contributed by atoms with Crippen LogP contribution in [0, 0.1) is 0 Å². The maximum atomic E-state index is 5.63. The third kappa shape index (κ3) is 11.5. The van der Waals surface area contributed by atoms with Crippen molar-refractivity contribution in [3.05, 3.63) is 155 Å². The molecule has 0 amide bonds. The monoisotopic (exact) mass is 923 g/mol. The van der Waals surface area contributed by atoms with Crippen molar-refractivity contribution in [3.63, 3.8) is 0 Å². The molecule has 0 N–H and O–H groups in total. The van der Waals surface area contributed by atoms with Crippen molar-refractivity contribution in [1.82, 2.24) is 34.9 Å². The van der Waals surface area contributed by atoms with Gasteiger partial charge in [0.05, 0.1) is 5.69 Å². The fourth-order valence-corrected chi connectivity index (χ4v) is 8.27. The van der Waals surface area contributed by atoms with Crippen LogP contribution in [0.4, 0.5) is 52.2 Å². The van der Waals surface area contributed by atoms with Crippen LogP contribution in [0.1, 0.15) is 190 Å². The first-order valence-corrected chi connectivity index (χ1v) is 25.6. The minimum absolute atomic E-state index is 0.361. The van der Waals surface area contributed by atoms with E-state index >= 15 is 0 Å². The van der Waals surface area contributed by atoms with Crippen LogP contribution < -0.4 is 14.7 Å². The molecule has 7 rings (SSSR count). The lowest BCUT2D eigenvalue weighted by molar-refractivity contribution is 0.728. The van der Waals surface area contributed by atoms with Crippen molar-refractivity contribution in [2.45, 2.75) is 157 Å². The second kappa shape index (κ2) is 23.2. The number of nitrogens with zero attached hydrogens (tertiary/aromatic N) is 10. The number of hydrogen-bond donors (Lipinski definition) is 0. The third-order valence-electron chi connectivity index (χ3n) is 14.6. The smallest absolute Gasteiger partial charge is 0.144 e. The molecule has 7 aromatic heterocycles. The summed E-state index contributed by atoms with van der Waals surface area (Å²) in [6, 6.07) is 29.9. The van der Waals surface area contributed by atoms with Crippen molar-refractivity contribution in [1.29, 1.82) is 0 Å². The zero-order valence-corrected chi connectivity index (χ0v) is 43.2. The van der Waals surface area contributed by atoms with Gasteiger partial charge < -0.3 is 0 Å². The Balaban J connectivity index is 1.55.